The number of fused-ring (bicyclic) bond motifs is 1. The molecule has 1 aliphatic rings. The first-order valence-corrected chi connectivity index (χ1v) is 6.57. The minimum atomic E-state index is 0.960. The monoisotopic (exact) mass is 241 g/mol. The van der Waals surface area contributed by atoms with Gasteiger partial charge in [0, 0.05) is 29.4 Å². The van der Waals surface area contributed by atoms with Gasteiger partial charge in [-0.3, -0.25) is 4.98 Å². The van der Waals surface area contributed by atoms with Crippen molar-refractivity contribution < 1.29 is 4.58 Å². The van der Waals surface area contributed by atoms with Crippen LogP contribution >= 0.6 is 11.8 Å². The normalized spacial score (nSPS) is 14.1. The fourth-order valence-corrected chi connectivity index (χ4v) is 3.07. The van der Waals surface area contributed by atoms with Crippen molar-refractivity contribution in [3.05, 3.63) is 53.9 Å². The second-order valence-electron chi connectivity index (χ2n) is 4.07. The molecule has 2 heterocycles. The summed E-state index contributed by atoms with van der Waals surface area (Å²) in [6.45, 7) is 2.17. The number of benzene rings is 1. The summed E-state index contributed by atoms with van der Waals surface area (Å²) in [6, 6.07) is 10.5. The van der Waals surface area contributed by atoms with Gasteiger partial charge in [-0.15, -0.1) is 0 Å². The number of thioether (sulfide) groups is 1. The van der Waals surface area contributed by atoms with Crippen LogP contribution in [0.2, 0.25) is 0 Å². The molecule has 0 saturated carbocycles. The van der Waals surface area contributed by atoms with Crippen LogP contribution in [-0.2, 0) is 0 Å². The van der Waals surface area contributed by atoms with Gasteiger partial charge in [-0.1, -0.05) is 23.9 Å². The minimum Gasteiger partial charge on any atom is -0.264 e. The SMILES string of the molecule is Cc1cccc2c1SC[N+](c1ccncc1)=C2. The van der Waals surface area contributed by atoms with Crippen molar-refractivity contribution in [1.29, 1.82) is 0 Å². The molecule has 0 fully saturated rings. The van der Waals surface area contributed by atoms with Crippen molar-refractivity contribution in [3.63, 3.8) is 0 Å². The topological polar surface area (TPSA) is 15.9 Å². The van der Waals surface area contributed by atoms with E-state index in [1.54, 1.807) is 0 Å². The Morgan fingerprint density at radius 3 is 2.82 bits per heavy atom. The van der Waals surface area contributed by atoms with Crippen LogP contribution < -0.4 is 0 Å². The maximum absolute atomic E-state index is 4.05. The van der Waals surface area contributed by atoms with E-state index in [1.807, 2.05) is 36.3 Å². The number of hydrogen-bond donors (Lipinski definition) is 0. The molecule has 0 aliphatic carbocycles. The molecule has 2 nitrogen and oxygen atoms in total. The Bertz CT molecular complexity index is 576. The van der Waals surface area contributed by atoms with Crippen molar-refractivity contribution in [2.24, 2.45) is 0 Å². The Labute approximate surface area is 105 Å². The van der Waals surface area contributed by atoms with Crippen molar-refractivity contribution in [2.45, 2.75) is 11.8 Å². The minimum absolute atomic E-state index is 0.960. The molecule has 1 aliphatic heterocycles. The summed E-state index contributed by atoms with van der Waals surface area (Å²) < 4.78 is 2.26. The lowest BCUT2D eigenvalue weighted by molar-refractivity contribution is -0.411. The van der Waals surface area contributed by atoms with E-state index in [0.29, 0.717) is 0 Å². The summed E-state index contributed by atoms with van der Waals surface area (Å²) in [4.78, 5) is 5.45. The lowest BCUT2D eigenvalue weighted by Crippen LogP contribution is -2.13. The van der Waals surface area contributed by atoms with Gasteiger partial charge in [-0.25, -0.2) is 0 Å². The number of aromatic nitrogens is 1. The third-order valence-electron chi connectivity index (χ3n) is 2.88. The lowest BCUT2D eigenvalue weighted by Gasteiger charge is -2.13. The first-order valence-electron chi connectivity index (χ1n) is 5.58. The number of nitrogens with zero attached hydrogens (tertiary/aromatic N) is 2. The number of rotatable bonds is 1. The largest absolute Gasteiger partial charge is 0.264 e. The first-order chi connectivity index (χ1) is 8.34. The third-order valence-corrected chi connectivity index (χ3v) is 4.13. The van der Waals surface area contributed by atoms with Crippen molar-refractivity contribution >= 4 is 23.7 Å². The van der Waals surface area contributed by atoms with Crippen LogP contribution in [0, 0.1) is 6.92 Å². The van der Waals surface area contributed by atoms with Gasteiger partial charge in [-0.05, 0) is 18.6 Å². The number of aryl methyl sites for hydroxylation is 1. The van der Waals surface area contributed by atoms with E-state index in [2.05, 4.69) is 40.9 Å². The van der Waals surface area contributed by atoms with Gasteiger partial charge in [0.25, 0.3) is 0 Å². The zero-order valence-corrected chi connectivity index (χ0v) is 10.4. The summed E-state index contributed by atoms with van der Waals surface area (Å²) in [5.41, 5.74) is 3.86. The van der Waals surface area contributed by atoms with Crippen molar-refractivity contribution in [3.8, 4) is 0 Å². The highest BCUT2D eigenvalue weighted by Crippen LogP contribution is 2.30. The quantitative estimate of drug-likeness (QED) is 0.713. The van der Waals surface area contributed by atoms with Crippen LogP contribution in [-0.4, -0.2) is 21.7 Å². The molecule has 84 valence electrons. The Morgan fingerprint density at radius 2 is 2.00 bits per heavy atom. The Kier molecular flexibility index (Phi) is 2.69. The van der Waals surface area contributed by atoms with Gasteiger partial charge in [0.1, 0.15) is 0 Å². The van der Waals surface area contributed by atoms with Gasteiger partial charge < -0.3 is 0 Å². The number of hydrogen-bond acceptors (Lipinski definition) is 2. The van der Waals surface area contributed by atoms with Crippen LogP contribution in [0.4, 0.5) is 5.69 Å². The van der Waals surface area contributed by atoms with E-state index < -0.39 is 0 Å². The molecule has 0 amide bonds. The molecule has 0 atom stereocenters. The van der Waals surface area contributed by atoms with Crippen LogP contribution in [0.15, 0.2) is 47.6 Å². The summed E-state index contributed by atoms with van der Waals surface area (Å²) in [5.74, 6) is 0.960. The average molecular weight is 241 g/mol. The smallest absolute Gasteiger partial charge is 0.209 e. The molecular weight excluding hydrogens is 228 g/mol. The zero-order chi connectivity index (χ0) is 11.7. The average Bonchev–Trinajstić information content (AvgIpc) is 2.40. The fraction of sp³-hybridized carbons (Fsp3) is 0.143. The first kappa shape index (κ1) is 10.5. The van der Waals surface area contributed by atoms with E-state index in [-0.39, 0.29) is 0 Å². The number of pyridine rings is 1. The molecule has 3 heteroatoms. The maximum atomic E-state index is 4.05. The highest BCUT2D eigenvalue weighted by atomic mass is 32.2. The van der Waals surface area contributed by atoms with Gasteiger partial charge in [0.05, 0.1) is 5.56 Å². The van der Waals surface area contributed by atoms with Crippen molar-refractivity contribution in [2.75, 3.05) is 5.88 Å². The summed E-state index contributed by atoms with van der Waals surface area (Å²) in [5, 5.41) is 0. The van der Waals surface area contributed by atoms with Gasteiger partial charge in [0.15, 0.2) is 12.1 Å². The predicted octanol–water partition coefficient (Wildman–Crippen LogP) is 3.22. The second kappa shape index (κ2) is 4.34. The Morgan fingerprint density at radius 1 is 1.18 bits per heavy atom. The molecule has 0 unspecified atom stereocenters. The second-order valence-corrected chi connectivity index (χ2v) is 5.03. The molecule has 1 aromatic heterocycles. The van der Waals surface area contributed by atoms with E-state index >= 15 is 0 Å². The molecule has 0 radical (unpaired) electrons. The molecule has 0 saturated heterocycles. The molecule has 0 bridgehead atoms. The van der Waals surface area contributed by atoms with Crippen LogP contribution in [0.5, 0.6) is 0 Å². The molecular formula is C14H13N2S+. The molecule has 0 N–H and O–H groups in total. The molecule has 3 rings (SSSR count). The maximum Gasteiger partial charge on any atom is 0.209 e. The van der Waals surface area contributed by atoms with E-state index in [9.17, 15) is 0 Å². The third kappa shape index (κ3) is 1.98. The van der Waals surface area contributed by atoms with Crippen LogP contribution in [0.1, 0.15) is 11.1 Å². The highest BCUT2D eigenvalue weighted by molar-refractivity contribution is 7.99. The van der Waals surface area contributed by atoms with Crippen LogP contribution in [0.3, 0.4) is 0 Å². The zero-order valence-electron chi connectivity index (χ0n) is 9.63. The molecule has 2 aromatic rings. The van der Waals surface area contributed by atoms with Crippen LogP contribution in [0.25, 0.3) is 0 Å². The Balaban J connectivity index is 2.07. The molecule has 1 aromatic carbocycles. The Hall–Kier alpha value is -1.61. The predicted molar refractivity (Wildman–Crippen MR) is 71.2 cm³/mol. The molecule has 0 spiro atoms. The summed E-state index contributed by atoms with van der Waals surface area (Å²) in [7, 11) is 0. The van der Waals surface area contributed by atoms with Gasteiger partial charge in [0.2, 0.25) is 5.69 Å². The van der Waals surface area contributed by atoms with E-state index in [4.69, 9.17) is 0 Å². The van der Waals surface area contributed by atoms with E-state index in [0.717, 1.165) is 5.88 Å². The molecule has 17 heavy (non-hydrogen) atoms. The summed E-state index contributed by atoms with van der Waals surface area (Å²) >= 11 is 1.89. The van der Waals surface area contributed by atoms with Crippen molar-refractivity contribution in [1.82, 2.24) is 4.98 Å². The summed E-state index contributed by atoms with van der Waals surface area (Å²) in [6.07, 6.45) is 5.88. The fourth-order valence-electron chi connectivity index (χ4n) is 2.00. The van der Waals surface area contributed by atoms with Gasteiger partial charge >= 0.3 is 0 Å². The van der Waals surface area contributed by atoms with Gasteiger partial charge in [-0.2, -0.15) is 4.58 Å². The standard InChI is InChI=1S/C14H13N2S/c1-11-3-2-4-12-9-16(10-17-14(11)12)13-5-7-15-8-6-13/h2-9H,10H2,1H3/q+1. The van der Waals surface area contributed by atoms with E-state index in [1.165, 1.54) is 21.7 Å². The lowest BCUT2D eigenvalue weighted by atomic mass is 10.1. The highest BCUT2D eigenvalue weighted by Gasteiger charge is 2.19.